The van der Waals surface area contributed by atoms with Gasteiger partial charge in [0.05, 0.1) is 27.7 Å². The maximum atomic E-state index is 4.87. The number of pyridine rings is 1. The molecule has 2 aromatic heterocycles. The summed E-state index contributed by atoms with van der Waals surface area (Å²) >= 11 is 7.63. The van der Waals surface area contributed by atoms with Gasteiger partial charge in [-0.3, -0.25) is 4.98 Å². The van der Waals surface area contributed by atoms with E-state index in [1.54, 1.807) is 0 Å². The van der Waals surface area contributed by atoms with Gasteiger partial charge in [0, 0.05) is 31.3 Å². The van der Waals surface area contributed by atoms with E-state index in [4.69, 9.17) is 4.98 Å². The van der Waals surface area contributed by atoms with E-state index in [2.05, 4.69) is 146 Å². The van der Waals surface area contributed by atoms with Crippen molar-refractivity contribution in [2.45, 2.75) is 5.41 Å². The van der Waals surface area contributed by atoms with Crippen LogP contribution in [0.3, 0.4) is 0 Å². The zero-order chi connectivity index (χ0) is 25.2. The molecule has 1 spiro atoms. The first-order valence-electron chi connectivity index (χ1n) is 12.7. The van der Waals surface area contributed by atoms with Crippen molar-refractivity contribution in [3.8, 4) is 16.8 Å². The van der Waals surface area contributed by atoms with Gasteiger partial charge in [-0.15, -0.1) is 0 Å². The van der Waals surface area contributed by atoms with Crippen LogP contribution in [0.15, 0.2) is 118 Å². The van der Waals surface area contributed by atoms with Crippen molar-refractivity contribution in [2.75, 3.05) is 0 Å². The van der Waals surface area contributed by atoms with E-state index < -0.39 is 5.41 Å². The Balaban J connectivity index is 1.59. The smallest absolute Gasteiger partial charge is 0.0755 e. The van der Waals surface area contributed by atoms with Crippen LogP contribution in [-0.4, -0.2) is 9.55 Å². The topological polar surface area (TPSA) is 17.8 Å². The summed E-state index contributed by atoms with van der Waals surface area (Å²) in [7, 11) is 0. The van der Waals surface area contributed by atoms with Gasteiger partial charge in [-0.2, -0.15) is 0 Å². The highest BCUT2D eigenvalue weighted by molar-refractivity contribution is 9.10. The minimum absolute atomic E-state index is 0.443. The summed E-state index contributed by atoms with van der Waals surface area (Å²) in [4.78, 5) is 4.87. The lowest BCUT2D eigenvalue weighted by Crippen LogP contribution is -2.33. The number of aromatic nitrogens is 2. The first-order valence-corrected chi connectivity index (χ1v) is 14.3. The second kappa shape index (κ2) is 7.22. The lowest BCUT2D eigenvalue weighted by atomic mass is 9.65. The summed E-state index contributed by atoms with van der Waals surface area (Å²) in [5.41, 5.74) is 12.1. The fraction of sp³-hybridized carbons (Fsp3) is 0.0294. The van der Waals surface area contributed by atoms with Crippen LogP contribution < -0.4 is 0 Å². The van der Waals surface area contributed by atoms with Crippen LogP contribution >= 0.6 is 31.9 Å². The van der Waals surface area contributed by atoms with Crippen LogP contribution in [0.4, 0.5) is 0 Å². The third-order valence-electron chi connectivity index (χ3n) is 8.53. The van der Waals surface area contributed by atoms with Gasteiger partial charge in [0.15, 0.2) is 0 Å². The molecule has 4 heteroatoms. The Bertz CT molecular complexity index is 2120. The summed E-state index contributed by atoms with van der Waals surface area (Å²) in [6.45, 7) is 0. The highest BCUT2D eigenvalue weighted by Gasteiger charge is 2.51. The monoisotopic (exact) mass is 612 g/mol. The Morgan fingerprint density at radius 2 is 1.21 bits per heavy atom. The van der Waals surface area contributed by atoms with Crippen LogP contribution in [0.2, 0.25) is 0 Å². The molecule has 0 saturated heterocycles. The molecule has 0 amide bonds. The maximum Gasteiger partial charge on any atom is 0.0755 e. The molecule has 0 fully saturated rings. The molecule has 3 heterocycles. The molecule has 2 aliphatic rings. The first-order chi connectivity index (χ1) is 18.7. The molecule has 38 heavy (non-hydrogen) atoms. The average molecular weight is 614 g/mol. The summed E-state index contributed by atoms with van der Waals surface area (Å²) < 4.78 is 4.68. The van der Waals surface area contributed by atoms with Crippen molar-refractivity contribution in [3.05, 3.63) is 141 Å². The van der Waals surface area contributed by atoms with Gasteiger partial charge in [0.1, 0.15) is 0 Å². The highest BCUT2D eigenvalue weighted by Crippen LogP contribution is 2.61. The molecular formula is C34H18Br2N2. The largest absolute Gasteiger partial charge is 0.308 e. The Morgan fingerprint density at radius 1 is 0.553 bits per heavy atom. The third kappa shape index (κ3) is 2.37. The molecule has 0 bridgehead atoms. The standard InChI is InChI=1S/C34H18Br2N2/c35-19-12-14-21-22-15-13-20(36)17-29(22)34(28(21)16-19)26-8-2-4-11-31(26)38-32-24-6-1-3-10-30(24)37-18-25(32)23-7-5-9-27(34)33(23)38/h1-18H. The van der Waals surface area contributed by atoms with Crippen molar-refractivity contribution in [1.29, 1.82) is 0 Å². The molecular weight excluding hydrogens is 596 g/mol. The summed E-state index contributed by atoms with van der Waals surface area (Å²) in [6, 6.07) is 37.8. The lowest BCUT2D eigenvalue weighted by molar-refractivity contribution is 0.747. The van der Waals surface area contributed by atoms with Gasteiger partial charge in [-0.1, -0.05) is 98.6 Å². The molecule has 0 radical (unpaired) electrons. The van der Waals surface area contributed by atoms with Gasteiger partial charge in [-0.05, 0) is 69.8 Å². The minimum Gasteiger partial charge on any atom is -0.308 e. The Hall–Kier alpha value is -3.73. The molecule has 0 saturated carbocycles. The van der Waals surface area contributed by atoms with E-state index in [0.29, 0.717) is 0 Å². The van der Waals surface area contributed by atoms with Gasteiger partial charge < -0.3 is 4.57 Å². The Kier molecular flexibility index (Phi) is 4.03. The third-order valence-corrected chi connectivity index (χ3v) is 9.52. The van der Waals surface area contributed by atoms with E-state index in [0.717, 1.165) is 14.5 Å². The van der Waals surface area contributed by atoms with E-state index in [-0.39, 0.29) is 0 Å². The van der Waals surface area contributed by atoms with Crippen molar-refractivity contribution in [1.82, 2.24) is 9.55 Å². The molecule has 9 rings (SSSR count). The molecule has 1 aliphatic heterocycles. The maximum absolute atomic E-state index is 4.87. The van der Waals surface area contributed by atoms with Crippen molar-refractivity contribution >= 4 is 64.6 Å². The molecule has 178 valence electrons. The van der Waals surface area contributed by atoms with Crippen molar-refractivity contribution < 1.29 is 0 Å². The predicted molar refractivity (Wildman–Crippen MR) is 162 cm³/mol. The normalized spacial score (nSPS) is 14.3. The highest BCUT2D eigenvalue weighted by atomic mass is 79.9. The van der Waals surface area contributed by atoms with Gasteiger partial charge >= 0.3 is 0 Å². The number of fused-ring (bicyclic) bond motifs is 14. The van der Waals surface area contributed by atoms with E-state index in [1.165, 1.54) is 66.3 Å². The Morgan fingerprint density at radius 3 is 2.00 bits per heavy atom. The van der Waals surface area contributed by atoms with Crippen LogP contribution in [0.1, 0.15) is 22.3 Å². The second-order valence-corrected chi connectivity index (χ2v) is 12.1. The number of halogens is 2. The van der Waals surface area contributed by atoms with E-state index >= 15 is 0 Å². The summed E-state index contributed by atoms with van der Waals surface area (Å²) in [5, 5.41) is 3.61. The molecule has 5 aromatic carbocycles. The first kappa shape index (κ1) is 21.2. The van der Waals surface area contributed by atoms with Gasteiger partial charge in [0.2, 0.25) is 0 Å². The van der Waals surface area contributed by atoms with Crippen LogP contribution in [-0.2, 0) is 5.41 Å². The number of nitrogens with zero attached hydrogens (tertiary/aromatic N) is 2. The molecule has 0 atom stereocenters. The molecule has 0 N–H and O–H groups in total. The minimum atomic E-state index is -0.443. The second-order valence-electron chi connectivity index (χ2n) is 10.2. The van der Waals surface area contributed by atoms with Crippen LogP contribution in [0, 0.1) is 0 Å². The zero-order valence-electron chi connectivity index (χ0n) is 20.0. The van der Waals surface area contributed by atoms with Crippen molar-refractivity contribution in [2.24, 2.45) is 0 Å². The summed E-state index contributed by atoms with van der Waals surface area (Å²) in [5.74, 6) is 0. The number of hydrogen-bond acceptors (Lipinski definition) is 1. The predicted octanol–water partition coefficient (Wildman–Crippen LogP) is 9.53. The average Bonchev–Trinajstić information content (AvgIpc) is 3.43. The van der Waals surface area contributed by atoms with E-state index in [1.807, 2.05) is 0 Å². The van der Waals surface area contributed by atoms with Gasteiger partial charge in [0.25, 0.3) is 0 Å². The fourth-order valence-electron chi connectivity index (χ4n) is 7.20. The van der Waals surface area contributed by atoms with Crippen LogP contribution in [0.5, 0.6) is 0 Å². The quantitative estimate of drug-likeness (QED) is 0.166. The molecule has 0 unspecified atom stereocenters. The lowest BCUT2D eigenvalue weighted by Gasteiger charge is -2.39. The number of benzene rings is 5. The number of para-hydroxylation sites is 3. The zero-order valence-corrected chi connectivity index (χ0v) is 23.2. The SMILES string of the molecule is Brc1ccc2c(c1)C1(c3cc(Br)ccc3-2)c2ccccc2-n2c3c1cccc3c1cnc3ccccc3c12. The number of hydrogen-bond donors (Lipinski definition) is 0. The van der Waals surface area contributed by atoms with Crippen LogP contribution in [0.25, 0.3) is 49.5 Å². The molecule has 1 aliphatic carbocycles. The van der Waals surface area contributed by atoms with E-state index in [9.17, 15) is 0 Å². The summed E-state index contributed by atoms with van der Waals surface area (Å²) in [6.07, 6.45) is 2.06. The number of rotatable bonds is 0. The fourth-order valence-corrected chi connectivity index (χ4v) is 7.92. The Labute approximate surface area is 235 Å². The molecule has 7 aromatic rings. The molecule has 2 nitrogen and oxygen atoms in total. The van der Waals surface area contributed by atoms with Gasteiger partial charge in [-0.25, -0.2) is 0 Å². The van der Waals surface area contributed by atoms with Crippen molar-refractivity contribution in [3.63, 3.8) is 0 Å².